The van der Waals surface area contributed by atoms with Gasteiger partial charge in [0.2, 0.25) is 0 Å². The van der Waals surface area contributed by atoms with Gasteiger partial charge in [-0.05, 0) is 6.42 Å². The van der Waals surface area contributed by atoms with E-state index in [2.05, 4.69) is 0 Å². The SMILES string of the molecule is O=C(O)CCC(CC(=O)O)(C(=O)O)P(=O)(O)O.[KH]. The fraction of sp³-hybridized carbons (Fsp3) is 0.571. The van der Waals surface area contributed by atoms with Gasteiger partial charge in [-0.15, -0.1) is 0 Å². The van der Waals surface area contributed by atoms with Gasteiger partial charge in [0, 0.05) is 6.42 Å². The third-order valence-electron chi connectivity index (χ3n) is 2.15. The van der Waals surface area contributed by atoms with Crippen LogP contribution in [0, 0.1) is 0 Å². The molecule has 0 rings (SSSR count). The summed E-state index contributed by atoms with van der Waals surface area (Å²) in [5.74, 6) is -5.25. The third-order valence-corrected chi connectivity index (χ3v) is 3.84. The summed E-state index contributed by atoms with van der Waals surface area (Å²) in [6, 6.07) is 0. The molecule has 0 aromatic heterocycles. The van der Waals surface area contributed by atoms with Gasteiger partial charge in [0.15, 0.2) is 5.16 Å². The van der Waals surface area contributed by atoms with Crippen LogP contribution in [0.25, 0.3) is 0 Å². The second-order valence-corrected chi connectivity index (χ2v) is 5.29. The van der Waals surface area contributed by atoms with Crippen molar-refractivity contribution in [2.75, 3.05) is 0 Å². The Morgan fingerprint density at radius 1 is 1.00 bits per heavy atom. The number of rotatable bonds is 7. The average molecular weight is 310 g/mol. The number of carbonyl (C=O) groups is 3. The first-order valence-electron chi connectivity index (χ1n) is 4.25. The molecule has 5 N–H and O–H groups in total. The van der Waals surface area contributed by atoms with E-state index in [0.717, 1.165) is 0 Å². The van der Waals surface area contributed by atoms with E-state index in [-0.39, 0.29) is 51.4 Å². The average Bonchev–Trinajstić information content (AvgIpc) is 2.08. The number of hydrogen-bond donors (Lipinski definition) is 5. The zero-order valence-corrected chi connectivity index (χ0v) is 9.33. The Hall–Kier alpha value is 0.196. The van der Waals surface area contributed by atoms with Gasteiger partial charge in [0.25, 0.3) is 0 Å². The molecule has 100 valence electrons. The van der Waals surface area contributed by atoms with Gasteiger partial charge in [-0.2, -0.15) is 0 Å². The second-order valence-electron chi connectivity index (χ2n) is 3.35. The fourth-order valence-corrected chi connectivity index (χ4v) is 2.20. The van der Waals surface area contributed by atoms with E-state index in [1.807, 2.05) is 0 Å². The summed E-state index contributed by atoms with van der Waals surface area (Å²) in [6.45, 7) is 0. The Bertz CT molecular complexity index is 388. The van der Waals surface area contributed by atoms with E-state index in [1.165, 1.54) is 0 Å². The summed E-state index contributed by atoms with van der Waals surface area (Å²) in [6.07, 6.45) is -3.17. The van der Waals surface area contributed by atoms with E-state index in [1.54, 1.807) is 0 Å². The van der Waals surface area contributed by atoms with Crippen molar-refractivity contribution in [2.45, 2.75) is 24.4 Å². The third kappa shape index (κ3) is 5.45. The molecule has 0 heterocycles. The molecule has 0 aliphatic carbocycles. The molecule has 1 atom stereocenters. The van der Waals surface area contributed by atoms with Crippen molar-refractivity contribution in [2.24, 2.45) is 0 Å². The van der Waals surface area contributed by atoms with Gasteiger partial charge in [-0.3, -0.25) is 18.9 Å². The zero-order valence-electron chi connectivity index (χ0n) is 8.44. The van der Waals surface area contributed by atoms with Crippen molar-refractivity contribution in [3.63, 3.8) is 0 Å². The molecule has 0 aliphatic rings. The second kappa shape index (κ2) is 7.70. The quantitative estimate of drug-likeness (QED) is 0.282. The fourth-order valence-electron chi connectivity index (χ4n) is 1.21. The Morgan fingerprint density at radius 3 is 1.67 bits per heavy atom. The van der Waals surface area contributed by atoms with Gasteiger partial charge >= 0.3 is 76.9 Å². The Morgan fingerprint density at radius 2 is 1.44 bits per heavy atom. The van der Waals surface area contributed by atoms with Crippen LogP contribution in [0.1, 0.15) is 19.3 Å². The molecular weight excluding hydrogens is 298 g/mol. The minimum atomic E-state index is -5.32. The van der Waals surface area contributed by atoms with Gasteiger partial charge in [0.05, 0.1) is 6.42 Å². The van der Waals surface area contributed by atoms with Gasteiger partial charge in [0.1, 0.15) is 0 Å². The van der Waals surface area contributed by atoms with Crippen LogP contribution in [-0.2, 0) is 18.9 Å². The maximum absolute atomic E-state index is 11.1. The molecule has 1 unspecified atom stereocenters. The van der Waals surface area contributed by atoms with E-state index >= 15 is 0 Å². The summed E-state index contributed by atoms with van der Waals surface area (Å²) in [5, 5.41) is 22.7. The molecule has 0 radical (unpaired) electrons. The van der Waals surface area contributed by atoms with Crippen LogP contribution >= 0.6 is 7.60 Å². The van der Waals surface area contributed by atoms with Crippen LogP contribution in [-0.4, -0.2) is 99.6 Å². The number of hydrogen-bond acceptors (Lipinski definition) is 4. The number of carboxylic acids is 3. The van der Waals surface area contributed by atoms with E-state index in [9.17, 15) is 18.9 Å². The molecule has 0 saturated heterocycles. The van der Waals surface area contributed by atoms with Crippen molar-refractivity contribution >= 4 is 76.9 Å². The Balaban J connectivity index is 0. The Kier molecular flexibility index (Phi) is 8.78. The van der Waals surface area contributed by atoms with Gasteiger partial charge in [-0.25, -0.2) is 0 Å². The molecule has 0 aromatic carbocycles. The van der Waals surface area contributed by atoms with Gasteiger partial charge in [-0.1, -0.05) is 0 Å². The predicted octanol–water partition coefficient (Wildman–Crippen LogP) is -1.32. The van der Waals surface area contributed by atoms with Crippen LogP contribution in [0.2, 0.25) is 0 Å². The van der Waals surface area contributed by atoms with Crippen molar-refractivity contribution in [1.82, 2.24) is 0 Å². The molecule has 11 heteroatoms. The molecule has 0 spiro atoms. The minimum absolute atomic E-state index is 0. The van der Waals surface area contributed by atoms with Crippen LogP contribution in [0.4, 0.5) is 0 Å². The first kappa shape index (κ1) is 20.5. The van der Waals surface area contributed by atoms with E-state index in [4.69, 9.17) is 25.1 Å². The molecule has 9 nitrogen and oxygen atoms in total. The van der Waals surface area contributed by atoms with Crippen LogP contribution in [0.3, 0.4) is 0 Å². The molecular formula is C7H12KO9P. The van der Waals surface area contributed by atoms with Crippen LogP contribution in [0.15, 0.2) is 0 Å². The zero-order chi connectivity index (χ0) is 13.9. The monoisotopic (exact) mass is 310 g/mol. The topological polar surface area (TPSA) is 169 Å². The first-order valence-corrected chi connectivity index (χ1v) is 5.87. The van der Waals surface area contributed by atoms with Gasteiger partial charge < -0.3 is 25.1 Å². The maximum atomic E-state index is 11.1. The van der Waals surface area contributed by atoms with Crippen molar-refractivity contribution in [3.05, 3.63) is 0 Å². The standard InChI is InChI=1S/C7H11O9P.K.H/c8-4(9)1-2-7(6(12)13,3-5(10)11)17(14,15)16;;/h1-3H2,(H,8,9)(H,10,11)(H,12,13)(H2,14,15,16);;. The molecule has 0 fully saturated rings. The van der Waals surface area contributed by atoms with E-state index < -0.39 is 49.9 Å². The summed E-state index contributed by atoms with van der Waals surface area (Å²) in [7, 11) is -5.32. The van der Waals surface area contributed by atoms with E-state index in [0.29, 0.717) is 0 Å². The van der Waals surface area contributed by atoms with Crippen LogP contribution < -0.4 is 0 Å². The Labute approximate surface area is 144 Å². The molecule has 0 aromatic rings. The number of carboxylic acid groups (broad SMARTS) is 3. The normalized spacial score (nSPS) is 14.1. The number of aliphatic carboxylic acids is 3. The van der Waals surface area contributed by atoms with Crippen molar-refractivity contribution in [3.8, 4) is 0 Å². The summed E-state index contributed by atoms with van der Waals surface area (Å²) in [5.41, 5.74) is 0. The molecule has 0 saturated carbocycles. The van der Waals surface area contributed by atoms with Crippen molar-refractivity contribution in [1.29, 1.82) is 0 Å². The summed E-state index contributed by atoms with van der Waals surface area (Å²) in [4.78, 5) is 49.5. The van der Waals surface area contributed by atoms with Crippen molar-refractivity contribution < 1.29 is 44.1 Å². The van der Waals surface area contributed by atoms with Crippen LogP contribution in [0.5, 0.6) is 0 Å². The molecule has 0 bridgehead atoms. The summed E-state index contributed by atoms with van der Waals surface area (Å²) < 4.78 is 11.1. The predicted molar refractivity (Wildman–Crippen MR) is 58.7 cm³/mol. The molecule has 18 heavy (non-hydrogen) atoms. The summed E-state index contributed by atoms with van der Waals surface area (Å²) >= 11 is 0. The first-order chi connectivity index (χ1) is 7.53. The molecule has 0 aliphatic heterocycles. The molecule has 0 amide bonds.